The minimum Gasteiger partial charge on any atom is -0.406 e. The van der Waals surface area contributed by atoms with Crippen LogP contribution in [0.2, 0.25) is 0 Å². The number of imide groups is 3. The Hall–Kier alpha value is -3.02. The standard InChI is InChI=1S/C15H23N7O5/c1-4-5-22-7-10(23)16-12(24)17-13(25)18-14(26)19-15-21-20-11(27-15)9(22)6-8(2)3/h8-9H,4-7H2,1-3H3,(H4,16,17,18,19,21,23,24,25,26). The molecule has 0 spiro atoms. The SMILES string of the molecule is CCCN1CC(=O)NC(=O)NC(=O)NC(=O)Nc2nnc(o2)C1CC(C)C. The average molecular weight is 381 g/mol. The van der Waals surface area contributed by atoms with E-state index in [1.165, 1.54) is 0 Å². The fourth-order valence-electron chi connectivity index (χ4n) is 2.65. The molecule has 1 unspecified atom stereocenters. The summed E-state index contributed by atoms with van der Waals surface area (Å²) < 4.78 is 5.51. The van der Waals surface area contributed by atoms with Gasteiger partial charge in [0.1, 0.15) is 0 Å². The Morgan fingerprint density at radius 2 is 1.67 bits per heavy atom. The van der Waals surface area contributed by atoms with Gasteiger partial charge in [-0.1, -0.05) is 25.9 Å². The molecule has 12 nitrogen and oxygen atoms in total. The minimum absolute atomic E-state index is 0.107. The summed E-state index contributed by atoms with van der Waals surface area (Å²) in [5, 5.41) is 15.7. The number of urea groups is 3. The molecule has 1 aliphatic heterocycles. The summed E-state index contributed by atoms with van der Waals surface area (Å²) in [6.07, 6.45) is 1.36. The highest BCUT2D eigenvalue weighted by atomic mass is 16.4. The van der Waals surface area contributed by atoms with E-state index >= 15 is 0 Å². The lowest BCUT2D eigenvalue weighted by Crippen LogP contribution is -2.51. The van der Waals surface area contributed by atoms with E-state index in [0.29, 0.717) is 13.0 Å². The normalized spacial score (nSPS) is 19.8. The first-order valence-corrected chi connectivity index (χ1v) is 8.58. The van der Waals surface area contributed by atoms with Gasteiger partial charge in [-0.3, -0.25) is 31.0 Å². The van der Waals surface area contributed by atoms with Crippen molar-refractivity contribution < 1.29 is 23.6 Å². The van der Waals surface area contributed by atoms with Gasteiger partial charge in [0.05, 0.1) is 12.6 Å². The quantitative estimate of drug-likeness (QED) is 0.600. The number of hydrogen-bond acceptors (Lipinski definition) is 8. The molecule has 0 aliphatic carbocycles. The van der Waals surface area contributed by atoms with Crippen LogP contribution >= 0.6 is 0 Å². The maximum Gasteiger partial charge on any atom is 0.330 e. The molecule has 4 N–H and O–H groups in total. The van der Waals surface area contributed by atoms with Gasteiger partial charge in [-0.2, -0.15) is 0 Å². The van der Waals surface area contributed by atoms with Gasteiger partial charge in [-0.15, -0.1) is 5.10 Å². The van der Waals surface area contributed by atoms with E-state index in [2.05, 4.69) is 20.8 Å². The highest BCUT2D eigenvalue weighted by Gasteiger charge is 2.29. The van der Waals surface area contributed by atoms with Crippen LogP contribution in [0.4, 0.5) is 20.4 Å². The third-order valence-corrected chi connectivity index (χ3v) is 3.65. The molecule has 27 heavy (non-hydrogen) atoms. The zero-order valence-electron chi connectivity index (χ0n) is 15.4. The molecule has 0 aromatic carbocycles. The highest BCUT2D eigenvalue weighted by molar-refractivity contribution is 6.07. The van der Waals surface area contributed by atoms with Crippen molar-refractivity contribution in [1.82, 2.24) is 31.0 Å². The van der Waals surface area contributed by atoms with Crippen LogP contribution in [-0.4, -0.2) is 52.2 Å². The monoisotopic (exact) mass is 381 g/mol. The van der Waals surface area contributed by atoms with Crippen molar-refractivity contribution in [3.8, 4) is 0 Å². The molecule has 0 radical (unpaired) electrons. The zero-order valence-corrected chi connectivity index (χ0v) is 15.4. The number of fused-ring (bicyclic) bond motifs is 2. The highest BCUT2D eigenvalue weighted by Crippen LogP contribution is 2.28. The molecule has 7 amide bonds. The second-order valence-corrected chi connectivity index (χ2v) is 6.47. The topological polar surface area (TPSA) is 159 Å². The number of nitrogens with zero attached hydrogens (tertiary/aromatic N) is 3. The van der Waals surface area contributed by atoms with Gasteiger partial charge in [0.25, 0.3) is 0 Å². The molecule has 2 rings (SSSR count). The first kappa shape index (κ1) is 20.3. The van der Waals surface area contributed by atoms with E-state index in [4.69, 9.17) is 4.42 Å². The van der Waals surface area contributed by atoms with Crippen molar-refractivity contribution in [2.75, 3.05) is 18.4 Å². The van der Waals surface area contributed by atoms with Crippen LogP contribution in [0.1, 0.15) is 45.5 Å². The van der Waals surface area contributed by atoms with Gasteiger partial charge in [0.2, 0.25) is 11.8 Å². The largest absolute Gasteiger partial charge is 0.406 e. The predicted molar refractivity (Wildman–Crippen MR) is 92.6 cm³/mol. The lowest BCUT2D eigenvalue weighted by Gasteiger charge is -2.29. The summed E-state index contributed by atoms with van der Waals surface area (Å²) in [5.41, 5.74) is 0. The van der Waals surface area contributed by atoms with Crippen LogP contribution in [0.15, 0.2) is 4.42 Å². The number of hydrogen-bond donors (Lipinski definition) is 4. The van der Waals surface area contributed by atoms with E-state index in [0.717, 1.165) is 6.42 Å². The Labute approximate surface area is 155 Å². The van der Waals surface area contributed by atoms with Crippen LogP contribution in [-0.2, 0) is 4.79 Å². The molecule has 1 aliphatic rings. The summed E-state index contributed by atoms with van der Waals surface area (Å²) in [7, 11) is 0. The summed E-state index contributed by atoms with van der Waals surface area (Å²) in [6.45, 7) is 6.41. The van der Waals surface area contributed by atoms with E-state index < -0.39 is 24.0 Å². The van der Waals surface area contributed by atoms with Crippen LogP contribution in [0.5, 0.6) is 0 Å². The van der Waals surface area contributed by atoms with Crippen LogP contribution < -0.4 is 21.3 Å². The summed E-state index contributed by atoms with van der Waals surface area (Å²) >= 11 is 0. The Morgan fingerprint density at radius 3 is 2.30 bits per heavy atom. The minimum atomic E-state index is -1.11. The van der Waals surface area contributed by atoms with Crippen molar-refractivity contribution in [2.24, 2.45) is 5.92 Å². The lowest BCUT2D eigenvalue weighted by molar-refractivity contribution is -0.122. The second kappa shape index (κ2) is 9.07. The van der Waals surface area contributed by atoms with Gasteiger partial charge in [-0.25, -0.2) is 14.4 Å². The molecule has 2 bridgehead atoms. The number of rotatable bonds is 4. The summed E-state index contributed by atoms with van der Waals surface area (Å²) in [4.78, 5) is 49.0. The zero-order chi connectivity index (χ0) is 20.0. The molecule has 0 saturated heterocycles. The molecule has 12 heteroatoms. The van der Waals surface area contributed by atoms with Crippen molar-refractivity contribution in [3.63, 3.8) is 0 Å². The van der Waals surface area contributed by atoms with E-state index in [9.17, 15) is 19.2 Å². The summed E-state index contributed by atoms with van der Waals surface area (Å²) in [5.74, 6) is -0.124. The number of anilines is 1. The van der Waals surface area contributed by atoms with E-state index in [1.54, 1.807) is 0 Å². The smallest absolute Gasteiger partial charge is 0.330 e. The molecule has 2 heterocycles. The lowest BCUT2D eigenvalue weighted by atomic mass is 10.0. The maximum atomic E-state index is 12.2. The number of amides is 7. The fourth-order valence-corrected chi connectivity index (χ4v) is 2.65. The Balaban J connectivity index is 2.36. The number of aromatic nitrogens is 2. The van der Waals surface area contributed by atoms with Gasteiger partial charge in [0, 0.05) is 0 Å². The average Bonchev–Trinajstić information content (AvgIpc) is 2.98. The summed E-state index contributed by atoms with van der Waals surface area (Å²) in [6, 6.07) is -3.70. The van der Waals surface area contributed by atoms with E-state index in [-0.39, 0.29) is 30.4 Å². The molecule has 1 aromatic rings. The van der Waals surface area contributed by atoms with Gasteiger partial charge in [-0.05, 0) is 25.3 Å². The van der Waals surface area contributed by atoms with Gasteiger partial charge in [0.15, 0.2) is 0 Å². The van der Waals surface area contributed by atoms with Gasteiger partial charge >= 0.3 is 24.1 Å². The fraction of sp³-hybridized carbons (Fsp3) is 0.600. The number of carbonyl (C=O) groups is 4. The number of carbonyl (C=O) groups excluding carboxylic acids is 4. The van der Waals surface area contributed by atoms with Crippen LogP contribution in [0.25, 0.3) is 0 Å². The third kappa shape index (κ3) is 6.02. The Morgan fingerprint density at radius 1 is 1.04 bits per heavy atom. The van der Waals surface area contributed by atoms with Gasteiger partial charge < -0.3 is 4.42 Å². The van der Waals surface area contributed by atoms with Crippen LogP contribution in [0.3, 0.4) is 0 Å². The molecule has 148 valence electrons. The van der Waals surface area contributed by atoms with Crippen molar-refractivity contribution >= 4 is 30.0 Å². The van der Waals surface area contributed by atoms with Crippen LogP contribution in [0, 0.1) is 5.92 Å². The van der Waals surface area contributed by atoms with Crippen molar-refractivity contribution in [3.05, 3.63) is 5.89 Å². The Kier molecular flexibility index (Phi) is 6.82. The second-order valence-electron chi connectivity index (χ2n) is 6.47. The van der Waals surface area contributed by atoms with E-state index in [1.807, 2.05) is 36.3 Å². The maximum absolute atomic E-state index is 12.2. The molecule has 0 fully saturated rings. The molecular formula is C15H23N7O5. The molecule has 0 saturated carbocycles. The molecule has 1 aromatic heterocycles. The number of nitrogens with one attached hydrogen (secondary N) is 4. The molecular weight excluding hydrogens is 358 g/mol. The molecule has 1 atom stereocenters. The Bertz CT molecular complexity index is 717. The predicted octanol–water partition coefficient (Wildman–Crippen LogP) is 0.950. The third-order valence-electron chi connectivity index (χ3n) is 3.65. The van der Waals surface area contributed by atoms with Crippen molar-refractivity contribution in [1.29, 1.82) is 0 Å². The van der Waals surface area contributed by atoms with Crippen molar-refractivity contribution in [2.45, 2.75) is 39.7 Å². The first-order valence-electron chi connectivity index (χ1n) is 8.58. The first-order chi connectivity index (χ1) is 12.8.